The molecule has 1 amide bonds. The van der Waals surface area contributed by atoms with Crippen molar-refractivity contribution in [2.75, 3.05) is 13.6 Å². The van der Waals surface area contributed by atoms with Gasteiger partial charge in [-0.05, 0) is 33.6 Å². The van der Waals surface area contributed by atoms with E-state index in [1.165, 1.54) is 38.5 Å². The number of hydrogen-bond acceptors (Lipinski definition) is 2. The molecule has 0 aliphatic heterocycles. The predicted octanol–water partition coefficient (Wildman–Crippen LogP) is 2.56. The third-order valence-electron chi connectivity index (χ3n) is 3.54. The molecule has 1 saturated carbocycles. The molecule has 1 aliphatic carbocycles. The lowest BCUT2D eigenvalue weighted by Gasteiger charge is -2.29. The lowest BCUT2D eigenvalue weighted by atomic mass is 10.1. The minimum atomic E-state index is 0.0138. The van der Waals surface area contributed by atoms with Gasteiger partial charge in [-0.15, -0.1) is 0 Å². The molecule has 1 N–H and O–H groups in total. The van der Waals surface area contributed by atoms with E-state index < -0.39 is 0 Å². The van der Waals surface area contributed by atoms with Crippen molar-refractivity contribution < 1.29 is 4.79 Å². The van der Waals surface area contributed by atoms with Crippen LogP contribution in [0.25, 0.3) is 0 Å². The van der Waals surface area contributed by atoms with Crippen LogP contribution in [0.4, 0.5) is 0 Å². The molecule has 0 aromatic rings. The second-order valence-corrected chi connectivity index (χ2v) is 6.25. The standard InChI is InChI=1S/C14H28N2O/c1-14(2,3)15-11-13(17)16(4)12-9-7-5-6-8-10-12/h12,15H,5-11H2,1-4H3. The fourth-order valence-electron chi connectivity index (χ4n) is 2.31. The van der Waals surface area contributed by atoms with Crippen molar-refractivity contribution in [1.82, 2.24) is 10.2 Å². The van der Waals surface area contributed by atoms with Crippen LogP contribution >= 0.6 is 0 Å². The molecular formula is C14H28N2O. The number of nitrogens with one attached hydrogen (secondary N) is 1. The van der Waals surface area contributed by atoms with Crippen molar-refractivity contribution in [2.24, 2.45) is 0 Å². The van der Waals surface area contributed by atoms with Crippen molar-refractivity contribution in [3.05, 3.63) is 0 Å². The van der Waals surface area contributed by atoms with E-state index in [2.05, 4.69) is 26.1 Å². The molecule has 1 fully saturated rings. The van der Waals surface area contributed by atoms with E-state index in [9.17, 15) is 4.79 Å². The van der Waals surface area contributed by atoms with Crippen LogP contribution in [0.15, 0.2) is 0 Å². The summed E-state index contributed by atoms with van der Waals surface area (Å²) in [6, 6.07) is 0.465. The fourth-order valence-corrected chi connectivity index (χ4v) is 2.31. The number of carbonyl (C=O) groups is 1. The minimum absolute atomic E-state index is 0.0138. The number of nitrogens with zero attached hydrogens (tertiary/aromatic N) is 1. The van der Waals surface area contributed by atoms with Crippen LogP contribution in [-0.4, -0.2) is 36.0 Å². The minimum Gasteiger partial charge on any atom is -0.342 e. The Balaban J connectivity index is 2.39. The lowest BCUT2D eigenvalue weighted by molar-refractivity contribution is -0.131. The summed E-state index contributed by atoms with van der Waals surface area (Å²) in [5.41, 5.74) is 0.0138. The molecule has 0 aromatic carbocycles. The van der Waals surface area contributed by atoms with Gasteiger partial charge in [0.05, 0.1) is 6.54 Å². The fraction of sp³-hybridized carbons (Fsp3) is 0.929. The SMILES string of the molecule is CN(C(=O)CNC(C)(C)C)C1CCCCCC1. The van der Waals surface area contributed by atoms with E-state index in [4.69, 9.17) is 0 Å². The van der Waals surface area contributed by atoms with Gasteiger partial charge in [0, 0.05) is 18.6 Å². The first-order valence-corrected chi connectivity index (χ1v) is 6.91. The summed E-state index contributed by atoms with van der Waals surface area (Å²) in [4.78, 5) is 14.0. The Morgan fingerprint density at radius 3 is 2.18 bits per heavy atom. The monoisotopic (exact) mass is 240 g/mol. The molecule has 0 heterocycles. The summed E-state index contributed by atoms with van der Waals surface area (Å²) >= 11 is 0. The van der Waals surface area contributed by atoms with E-state index >= 15 is 0 Å². The van der Waals surface area contributed by atoms with Crippen molar-refractivity contribution in [1.29, 1.82) is 0 Å². The summed E-state index contributed by atoms with van der Waals surface area (Å²) in [7, 11) is 1.96. The van der Waals surface area contributed by atoms with Crippen LogP contribution in [0.5, 0.6) is 0 Å². The Kier molecular flexibility index (Phi) is 5.44. The van der Waals surface area contributed by atoms with Crippen molar-refractivity contribution in [3.8, 4) is 0 Å². The highest BCUT2D eigenvalue weighted by atomic mass is 16.2. The number of likely N-dealkylation sites (N-methyl/N-ethyl adjacent to an activating group) is 1. The van der Waals surface area contributed by atoms with Gasteiger partial charge in [0.1, 0.15) is 0 Å². The zero-order valence-electron chi connectivity index (χ0n) is 11.9. The second kappa shape index (κ2) is 6.39. The summed E-state index contributed by atoms with van der Waals surface area (Å²) in [5.74, 6) is 0.229. The van der Waals surface area contributed by atoms with Gasteiger partial charge in [-0.1, -0.05) is 25.7 Å². The maximum absolute atomic E-state index is 12.1. The van der Waals surface area contributed by atoms with Crippen LogP contribution in [0.2, 0.25) is 0 Å². The van der Waals surface area contributed by atoms with Gasteiger partial charge in [0.25, 0.3) is 0 Å². The molecule has 17 heavy (non-hydrogen) atoms. The lowest BCUT2D eigenvalue weighted by Crippen LogP contribution is -2.46. The third kappa shape index (κ3) is 5.53. The molecule has 0 spiro atoms. The molecule has 100 valence electrons. The van der Waals surface area contributed by atoms with Gasteiger partial charge >= 0.3 is 0 Å². The Morgan fingerprint density at radius 2 is 1.71 bits per heavy atom. The zero-order chi connectivity index (χ0) is 12.9. The van der Waals surface area contributed by atoms with Gasteiger partial charge in [0.2, 0.25) is 5.91 Å². The first-order valence-electron chi connectivity index (χ1n) is 6.91. The van der Waals surface area contributed by atoms with E-state index in [0.717, 1.165) is 0 Å². The normalized spacial score (nSPS) is 18.8. The molecule has 1 rings (SSSR count). The Bertz CT molecular complexity index is 237. The van der Waals surface area contributed by atoms with E-state index in [1.54, 1.807) is 0 Å². The van der Waals surface area contributed by atoms with E-state index in [1.807, 2.05) is 11.9 Å². The zero-order valence-corrected chi connectivity index (χ0v) is 11.9. The van der Waals surface area contributed by atoms with Crippen LogP contribution in [0.3, 0.4) is 0 Å². The number of hydrogen-bond donors (Lipinski definition) is 1. The summed E-state index contributed by atoms with van der Waals surface area (Å²) in [6.45, 7) is 6.72. The van der Waals surface area contributed by atoms with E-state index in [0.29, 0.717) is 12.6 Å². The molecule has 0 unspecified atom stereocenters. The first-order chi connectivity index (χ1) is 7.90. The smallest absolute Gasteiger partial charge is 0.236 e. The topological polar surface area (TPSA) is 32.3 Å². The summed E-state index contributed by atoms with van der Waals surface area (Å²) in [6.07, 6.45) is 7.57. The van der Waals surface area contributed by atoms with Gasteiger partial charge in [-0.3, -0.25) is 4.79 Å². The van der Waals surface area contributed by atoms with Crippen LogP contribution in [0, 0.1) is 0 Å². The van der Waals surface area contributed by atoms with Gasteiger partial charge < -0.3 is 10.2 Å². The van der Waals surface area contributed by atoms with Crippen molar-refractivity contribution in [3.63, 3.8) is 0 Å². The van der Waals surface area contributed by atoms with Crippen LogP contribution in [0.1, 0.15) is 59.3 Å². The highest BCUT2D eigenvalue weighted by molar-refractivity contribution is 5.78. The average molecular weight is 240 g/mol. The van der Waals surface area contributed by atoms with E-state index in [-0.39, 0.29) is 11.4 Å². The molecule has 3 nitrogen and oxygen atoms in total. The first kappa shape index (κ1) is 14.5. The van der Waals surface area contributed by atoms with Crippen molar-refractivity contribution in [2.45, 2.75) is 70.9 Å². The van der Waals surface area contributed by atoms with Gasteiger partial charge in [0.15, 0.2) is 0 Å². The van der Waals surface area contributed by atoms with Crippen LogP contribution < -0.4 is 5.32 Å². The predicted molar refractivity (Wildman–Crippen MR) is 72.0 cm³/mol. The maximum Gasteiger partial charge on any atom is 0.236 e. The number of amides is 1. The molecule has 0 aromatic heterocycles. The molecule has 1 aliphatic rings. The third-order valence-corrected chi connectivity index (χ3v) is 3.54. The Morgan fingerprint density at radius 1 is 1.18 bits per heavy atom. The maximum atomic E-state index is 12.1. The highest BCUT2D eigenvalue weighted by Gasteiger charge is 2.21. The molecule has 0 bridgehead atoms. The summed E-state index contributed by atoms with van der Waals surface area (Å²) in [5, 5.41) is 3.27. The quantitative estimate of drug-likeness (QED) is 0.769. The summed E-state index contributed by atoms with van der Waals surface area (Å²) < 4.78 is 0. The molecular weight excluding hydrogens is 212 g/mol. The number of carbonyl (C=O) groups excluding carboxylic acids is 1. The highest BCUT2D eigenvalue weighted by Crippen LogP contribution is 2.21. The van der Waals surface area contributed by atoms with Gasteiger partial charge in [-0.25, -0.2) is 0 Å². The molecule has 0 saturated heterocycles. The van der Waals surface area contributed by atoms with Crippen molar-refractivity contribution >= 4 is 5.91 Å². The molecule has 0 radical (unpaired) electrons. The second-order valence-electron chi connectivity index (χ2n) is 6.25. The Hall–Kier alpha value is -0.570. The van der Waals surface area contributed by atoms with Crippen LogP contribution in [-0.2, 0) is 4.79 Å². The van der Waals surface area contributed by atoms with Gasteiger partial charge in [-0.2, -0.15) is 0 Å². The molecule has 3 heteroatoms. The largest absolute Gasteiger partial charge is 0.342 e. The number of rotatable bonds is 3. The molecule has 0 atom stereocenters. The average Bonchev–Trinajstić information content (AvgIpc) is 2.52. The Labute approximate surface area is 106 Å².